The maximum atomic E-state index is 12.7. The molecule has 0 N–H and O–H groups in total. The maximum absolute atomic E-state index is 12.7. The first-order valence-electron chi connectivity index (χ1n) is 8.37. The third-order valence-corrected chi connectivity index (χ3v) is 4.64. The van der Waals surface area contributed by atoms with Crippen LogP contribution in [0.5, 0.6) is 0 Å². The molecule has 2 aromatic heterocycles. The van der Waals surface area contributed by atoms with Gasteiger partial charge in [0.1, 0.15) is 5.82 Å². The summed E-state index contributed by atoms with van der Waals surface area (Å²) in [5.41, 5.74) is 0.460. The van der Waals surface area contributed by atoms with Gasteiger partial charge in [0.2, 0.25) is 0 Å². The zero-order valence-electron chi connectivity index (χ0n) is 14.1. The fourth-order valence-corrected chi connectivity index (χ4v) is 3.13. The smallest absolute Gasteiger partial charge is 0.355 e. The van der Waals surface area contributed by atoms with Crippen molar-refractivity contribution in [3.63, 3.8) is 0 Å². The number of anilines is 1. The number of pyridine rings is 2. The molecule has 134 valence electrons. The van der Waals surface area contributed by atoms with Crippen LogP contribution < -0.4 is 4.90 Å². The number of halogens is 3. The minimum Gasteiger partial charge on any atom is -0.355 e. The summed E-state index contributed by atoms with van der Waals surface area (Å²) >= 11 is 0. The molecule has 1 aliphatic rings. The van der Waals surface area contributed by atoms with Gasteiger partial charge in [0.25, 0.3) is 0 Å². The lowest BCUT2D eigenvalue weighted by atomic mass is 10.1. The second kappa shape index (κ2) is 7.39. The fraction of sp³-hybridized carbons (Fsp3) is 0.444. The summed E-state index contributed by atoms with van der Waals surface area (Å²) in [6.07, 6.45) is 1.14. The topological polar surface area (TPSA) is 32.3 Å². The molecule has 1 saturated heterocycles. The lowest BCUT2D eigenvalue weighted by Gasteiger charge is -2.28. The third-order valence-electron chi connectivity index (χ3n) is 4.64. The molecule has 7 heteroatoms. The minimum absolute atomic E-state index is 0.259. The van der Waals surface area contributed by atoms with Crippen LogP contribution in [0.3, 0.4) is 0 Å². The Bertz CT molecular complexity index is 673. The second-order valence-electron chi connectivity index (χ2n) is 6.24. The molecule has 25 heavy (non-hydrogen) atoms. The van der Waals surface area contributed by atoms with E-state index < -0.39 is 11.7 Å². The highest BCUT2D eigenvalue weighted by atomic mass is 19.4. The van der Waals surface area contributed by atoms with Crippen LogP contribution in [-0.4, -0.2) is 41.0 Å². The minimum atomic E-state index is -4.35. The van der Waals surface area contributed by atoms with Crippen LogP contribution in [0.2, 0.25) is 0 Å². The monoisotopic (exact) mass is 350 g/mol. The van der Waals surface area contributed by atoms with Gasteiger partial charge in [-0.2, -0.15) is 13.2 Å². The molecule has 1 fully saturated rings. The van der Waals surface area contributed by atoms with Crippen molar-refractivity contribution in [1.82, 2.24) is 14.9 Å². The van der Waals surface area contributed by atoms with Crippen molar-refractivity contribution in [1.29, 1.82) is 0 Å². The Labute approximate surface area is 145 Å². The Morgan fingerprint density at radius 2 is 1.88 bits per heavy atom. The molecular weight excluding hydrogens is 329 g/mol. The number of hydrogen-bond acceptors (Lipinski definition) is 4. The molecule has 1 atom stereocenters. The van der Waals surface area contributed by atoms with E-state index in [0.29, 0.717) is 5.82 Å². The molecule has 0 aromatic carbocycles. The van der Waals surface area contributed by atoms with Crippen molar-refractivity contribution in [2.24, 2.45) is 0 Å². The summed E-state index contributed by atoms with van der Waals surface area (Å²) < 4.78 is 38.0. The summed E-state index contributed by atoms with van der Waals surface area (Å²) in [5, 5.41) is 0. The number of hydrogen-bond donors (Lipinski definition) is 0. The van der Waals surface area contributed by atoms with Crippen molar-refractivity contribution in [3.8, 4) is 0 Å². The van der Waals surface area contributed by atoms with Crippen molar-refractivity contribution in [2.75, 3.05) is 31.1 Å². The highest BCUT2D eigenvalue weighted by Crippen LogP contribution is 2.29. The Morgan fingerprint density at radius 3 is 2.52 bits per heavy atom. The van der Waals surface area contributed by atoms with E-state index >= 15 is 0 Å². The SMILES string of the molecule is C[C@@H](c1cccnc1)N1CCCN(c2ccc(C(F)(F)F)cn2)CC1. The van der Waals surface area contributed by atoms with Gasteiger partial charge < -0.3 is 4.90 Å². The van der Waals surface area contributed by atoms with E-state index in [1.54, 1.807) is 6.20 Å². The first-order chi connectivity index (χ1) is 11.9. The van der Waals surface area contributed by atoms with E-state index in [1.165, 1.54) is 11.6 Å². The van der Waals surface area contributed by atoms with E-state index in [0.717, 1.165) is 44.9 Å². The molecule has 0 radical (unpaired) electrons. The molecule has 0 aliphatic carbocycles. The first kappa shape index (κ1) is 17.7. The molecule has 2 aromatic rings. The summed E-state index contributed by atoms with van der Waals surface area (Å²) in [7, 11) is 0. The van der Waals surface area contributed by atoms with E-state index in [4.69, 9.17) is 0 Å². The zero-order chi connectivity index (χ0) is 17.9. The molecule has 0 bridgehead atoms. The average molecular weight is 350 g/mol. The van der Waals surface area contributed by atoms with Gasteiger partial charge in [-0.1, -0.05) is 6.07 Å². The van der Waals surface area contributed by atoms with E-state index in [1.807, 2.05) is 12.3 Å². The number of aromatic nitrogens is 2. The van der Waals surface area contributed by atoms with Crippen LogP contribution in [-0.2, 0) is 6.18 Å². The highest BCUT2D eigenvalue weighted by Gasteiger charge is 2.31. The van der Waals surface area contributed by atoms with Crippen LogP contribution in [0.15, 0.2) is 42.9 Å². The van der Waals surface area contributed by atoms with Crippen molar-refractivity contribution in [3.05, 3.63) is 54.0 Å². The van der Waals surface area contributed by atoms with Crippen LogP contribution in [0, 0.1) is 0 Å². The van der Waals surface area contributed by atoms with Gasteiger partial charge in [-0.25, -0.2) is 4.98 Å². The third kappa shape index (κ3) is 4.28. The van der Waals surface area contributed by atoms with E-state index in [-0.39, 0.29) is 6.04 Å². The van der Waals surface area contributed by atoms with Gasteiger partial charge in [-0.05, 0) is 37.1 Å². The normalized spacial score (nSPS) is 18.0. The van der Waals surface area contributed by atoms with Gasteiger partial charge in [-0.15, -0.1) is 0 Å². The molecule has 0 saturated carbocycles. The Balaban J connectivity index is 1.65. The molecule has 4 nitrogen and oxygen atoms in total. The summed E-state index contributed by atoms with van der Waals surface area (Å²) in [6.45, 7) is 5.45. The summed E-state index contributed by atoms with van der Waals surface area (Å²) in [6, 6.07) is 6.82. The van der Waals surface area contributed by atoms with Gasteiger partial charge in [-0.3, -0.25) is 9.88 Å². The summed E-state index contributed by atoms with van der Waals surface area (Å²) in [4.78, 5) is 12.6. The largest absolute Gasteiger partial charge is 0.417 e. The Hall–Kier alpha value is -2.15. The molecule has 3 heterocycles. The van der Waals surface area contributed by atoms with Crippen LogP contribution >= 0.6 is 0 Å². The van der Waals surface area contributed by atoms with Gasteiger partial charge in [0.15, 0.2) is 0 Å². The second-order valence-corrected chi connectivity index (χ2v) is 6.24. The zero-order valence-corrected chi connectivity index (χ0v) is 14.1. The van der Waals surface area contributed by atoms with Crippen LogP contribution in [0.25, 0.3) is 0 Å². The molecule has 0 unspecified atom stereocenters. The van der Waals surface area contributed by atoms with Crippen LogP contribution in [0.1, 0.15) is 30.5 Å². The quantitative estimate of drug-likeness (QED) is 0.844. The van der Waals surface area contributed by atoms with Crippen molar-refractivity contribution in [2.45, 2.75) is 25.6 Å². The number of nitrogens with zero attached hydrogens (tertiary/aromatic N) is 4. The molecule has 0 spiro atoms. The lowest BCUT2D eigenvalue weighted by molar-refractivity contribution is -0.137. The molecule has 0 amide bonds. The lowest BCUT2D eigenvalue weighted by Crippen LogP contribution is -2.32. The molecule has 1 aliphatic heterocycles. The number of alkyl halides is 3. The Kier molecular flexibility index (Phi) is 5.22. The fourth-order valence-electron chi connectivity index (χ4n) is 3.13. The standard InChI is InChI=1S/C18H21F3N4/c1-14(15-4-2-7-22-12-15)24-8-3-9-25(11-10-24)17-6-5-16(13-23-17)18(19,20)21/h2,4-7,12-14H,3,8-11H2,1H3/t14-/m0/s1. The molecular formula is C18H21F3N4. The maximum Gasteiger partial charge on any atom is 0.417 e. The van der Waals surface area contributed by atoms with Gasteiger partial charge in [0.05, 0.1) is 5.56 Å². The average Bonchev–Trinajstić information content (AvgIpc) is 2.87. The van der Waals surface area contributed by atoms with Gasteiger partial charge in [0, 0.05) is 50.8 Å². The van der Waals surface area contributed by atoms with Gasteiger partial charge >= 0.3 is 6.18 Å². The summed E-state index contributed by atoms with van der Waals surface area (Å²) in [5.74, 6) is 0.601. The van der Waals surface area contributed by atoms with Crippen molar-refractivity contribution >= 4 is 5.82 Å². The predicted octanol–water partition coefficient (Wildman–Crippen LogP) is 3.77. The van der Waals surface area contributed by atoms with Crippen molar-refractivity contribution < 1.29 is 13.2 Å². The number of rotatable bonds is 3. The Morgan fingerprint density at radius 1 is 1.04 bits per heavy atom. The van der Waals surface area contributed by atoms with E-state index in [9.17, 15) is 13.2 Å². The predicted molar refractivity (Wildman–Crippen MR) is 90.3 cm³/mol. The molecule has 3 rings (SSSR count). The first-order valence-corrected chi connectivity index (χ1v) is 8.37. The van der Waals surface area contributed by atoms with Crippen LogP contribution in [0.4, 0.5) is 19.0 Å². The van der Waals surface area contributed by atoms with E-state index in [2.05, 4.69) is 32.8 Å². The highest BCUT2D eigenvalue weighted by molar-refractivity contribution is 5.40.